The zero-order chi connectivity index (χ0) is 10.1. The Morgan fingerprint density at radius 1 is 1.38 bits per heavy atom. The molecule has 0 aromatic carbocycles. The zero-order valence-corrected chi connectivity index (χ0v) is 8.71. The van der Waals surface area contributed by atoms with Crippen LogP contribution >= 0.6 is 0 Å². The highest BCUT2D eigenvalue weighted by Gasteiger charge is 2.12. The standard InChI is InChI=1S/C9H19NO3/c1-4-6-7-10(8-12-3)9(11)13-5-2/h4-8H2,1-3H3. The summed E-state index contributed by atoms with van der Waals surface area (Å²) in [6, 6.07) is 0. The number of methoxy groups -OCH3 is 1. The molecule has 0 bridgehead atoms. The lowest BCUT2D eigenvalue weighted by Crippen LogP contribution is -2.34. The number of carbonyl (C=O) groups excluding carboxylic acids is 1. The van der Waals surface area contributed by atoms with E-state index < -0.39 is 0 Å². The van der Waals surface area contributed by atoms with Crippen LogP contribution in [-0.2, 0) is 9.47 Å². The van der Waals surface area contributed by atoms with Gasteiger partial charge in [0.05, 0.1) is 6.61 Å². The summed E-state index contributed by atoms with van der Waals surface area (Å²) in [7, 11) is 1.57. The van der Waals surface area contributed by atoms with Gasteiger partial charge in [-0.25, -0.2) is 4.79 Å². The predicted octanol–water partition coefficient (Wildman–Crippen LogP) is 1.85. The summed E-state index contributed by atoms with van der Waals surface area (Å²) in [5.74, 6) is 0. The number of unbranched alkanes of at least 4 members (excludes halogenated alkanes) is 1. The highest BCUT2D eigenvalue weighted by Crippen LogP contribution is 1.98. The molecule has 0 aliphatic rings. The maximum atomic E-state index is 11.3. The summed E-state index contributed by atoms with van der Waals surface area (Å²) in [5, 5.41) is 0. The molecule has 0 saturated carbocycles. The average molecular weight is 189 g/mol. The first-order chi connectivity index (χ1) is 6.26. The fourth-order valence-electron chi connectivity index (χ4n) is 0.928. The van der Waals surface area contributed by atoms with Crippen molar-refractivity contribution in [3.05, 3.63) is 0 Å². The van der Waals surface area contributed by atoms with Crippen LogP contribution in [0.3, 0.4) is 0 Å². The van der Waals surface area contributed by atoms with E-state index in [9.17, 15) is 4.79 Å². The van der Waals surface area contributed by atoms with Crippen molar-refractivity contribution in [1.82, 2.24) is 4.90 Å². The van der Waals surface area contributed by atoms with Crippen molar-refractivity contribution in [2.45, 2.75) is 26.7 Å². The van der Waals surface area contributed by atoms with Crippen LogP contribution in [-0.4, -0.2) is 38.0 Å². The summed E-state index contributed by atoms with van der Waals surface area (Å²) < 4.78 is 9.75. The van der Waals surface area contributed by atoms with Gasteiger partial charge >= 0.3 is 6.09 Å². The Labute approximate surface area is 79.8 Å². The number of hydrogen-bond donors (Lipinski definition) is 0. The number of nitrogens with zero attached hydrogens (tertiary/aromatic N) is 1. The van der Waals surface area contributed by atoms with Gasteiger partial charge in [0.2, 0.25) is 0 Å². The van der Waals surface area contributed by atoms with Crippen molar-refractivity contribution in [2.75, 3.05) is 27.0 Å². The Morgan fingerprint density at radius 3 is 2.54 bits per heavy atom. The van der Waals surface area contributed by atoms with E-state index >= 15 is 0 Å². The second kappa shape index (κ2) is 7.86. The van der Waals surface area contributed by atoms with Crippen molar-refractivity contribution in [3.8, 4) is 0 Å². The number of rotatable bonds is 6. The smallest absolute Gasteiger partial charge is 0.411 e. The van der Waals surface area contributed by atoms with Gasteiger partial charge in [0.1, 0.15) is 6.73 Å². The fraction of sp³-hybridized carbons (Fsp3) is 0.889. The van der Waals surface area contributed by atoms with E-state index in [1.54, 1.807) is 18.9 Å². The molecular formula is C9H19NO3. The van der Waals surface area contributed by atoms with Gasteiger partial charge < -0.3 is 9.47 Å². The van der Waals surface area contributed by atoms with E-state index in [0.29, 0.717) is 19.9 Å². The van der Waals surface area contributed by atoms with Crippen LogP contribution in [0.25, 0.3) is 0 Å². The van der Waals surface area contributed by atoms with Crippen molar-refractivity contribution >= 4 is 6.09 Å². The van der Waals surface area contributed by atoms with E-state index in [4.69, 9.17) is 9.47 Å². The van der Waals surface area contributed by atoms with Gasteiger partial charge in [-0.1, -0.05) is 13.3 Å². The van der Waals surface area contributed by atoms with E-state index in [0.717, 1.165) is 12.8 Å². The molecular weight excluding hydrogens is 170 g/mol. The molecule has 0 rings (SSSR count). The van der Waals surface area contributed by atoms with Gasteiger partial charge in [0.15, 0.2) is 0 Å². The maximum absolute atomic E-state index is 11.3. The van der Waals surface area contributed by atoms with Gasteiger partial charge in [0, 0.05) is 13.7 Å². The second-order valence-corrected chi connectivity index (χ2v) is 2.73. The molecule has 0 aromatic heterocycles. The van der Waals surface area contributed by atoms with Crippen LogP contribution in [0.15, 0.2) is 0 Å². The van der Waals surface area contributed by atoms with E-state index in [2.05, 4.69) is 6.92 Å². The molecule has 0 aliphatic heterocycles. The number of amides is 1. The van der Waals surface area contributed by atoms with Crippen molar-refractivity contribution in [1.29, 1.82) is 0 Å². The molecule has 13 heavy (non-hydrogen) atoms. The molecule has 1 amide bonds. The third kappa shape index (κ3) is 5.47. The van der Waals surface area contributed by atoms with Gasteiger partial charge in [-0.3, -0.25) is 4.90 Å². The molecule has 0 N–H and O–H groups in total. The highest BCUT2D eigenvalue weighted by atomic mass is 16.6. The van der Waals surface area contributed by atoms with E-state index in [1.807, 2.05) is 0 Å². The Hall–Kier alpha value is -0.770. The molecule has 0 radical (unpaired) electrons. The largest absolute Gasteiger partial charge is 0.450 e. The van der Waals surface area contributed by atoms with Crippen LogP contribution in [0.4, 0.5) is 4.79 Å². The van der Waals surface area contributed by atoms with Gasteiger partial charge in [0.25, 0.3) is 0 Å². The molecule has 0 aliphatic carbocycles. The van der Waals surface area contributed by atoms with E-state index in [1.165, 1.54) is 0 Å². The summed E-state index contributed by atoms with van der Waals surface area (Å²) in [5.41, 5.74) is 0. The normalized spacial score (nSPS) is 9.77. The van der Waals surface area contributed by atoms with Gasteiger partial charge in [-0.05, 0) is 13.3 Å². The molecule has 4 nitrogen and oxygen atoms in total. The topological polar surface area (TPSA) is 38.8 Å². The first kappa shape index (κ1) is 12.2. The van der Waals surface area contributed by atoms with Crippen molar-refractivity contribution in [2.24, 2.45) is 0 Å². The minimum Gasteiger partial charge on any atom is -0.450 e. The molecule has 4 heteroatoms. The van der Waals surface area contributed by atoms with Crippen LogP contribution in [0.1, 0.15) is 26.7 Å². The Kier molecular flexibility index (Phi) is 7.39. The Balaban J connectivity index is 3.83. The molecule has 78 valence electrons. The van der Waals surface area contributed by atoms with Gasteiger partial charge in [-0.15, -0.1) is 0 Å². The molecule has 0 unspecified atom stereocenters. The SMILES string of the molecule is CCCCN(COC)C(=O)OCC. The number of ether oxygens (including phenoxy) is 2. The summed E-state index contributed by atoms with van der Waals surface area (Å²) in [6.07, 6.45) is 1.74. The van der Waals surface area contributed by atoms with Crippen LogP contribution < -0.4 is 0 Å². The highest BCUT2D eigenvalue weighted by molar-refractivity contribution is 5.67. The van der Waals surface area contributed by atoms with Crippen molar-refractivity contribution < 1.29 is 14.3 Å². The molecule has 0 saturated heterocycles. The summed E-state index contributed by atoms with van der Waals surface area (Å²) >= 11 is 0. The molecule has 0 aromatic rings. The minimum atomic E-state index is -0.294. The third-order valence-electron chi connectivity index (χ3n) is 1.59. The lowest BCUT2D eigenvalue weighted by molar-refractivity contribution is 0.0428. The molecule has 0 heterocycles. The summed E-state index contributed by atoms with van der Waals surface area (Å²) in [6.45, 7) is 5.28. The van der Waals surface area contributed by atoms with Crippen LogP contribution in [0, 0.1) is 0 Å². The molecule has 0 fully saturated rings. The quantitative estimate of drug-likeness (QED) is 0.598. The van der Waals surface area contributed by atoms with Crippen LogP contribution in [0.2, 0.25) is 0 Å². The van der Waals surface area contributed by atoms with Gasteiger partial charge in [-0.2, -0.15) is 0 Å². The molecule has 0 spiro atoms. The van der Waals surface area contributed by atoms with E-state index in [-0.39, 0.29) is 6.09 Å². The molecule has 0 atom stereocenters. The first-order valence-corrected chi connectivity index (χ1v) is 4.66. The first-order valence-electron chi connectivity index (χ1n) is 4.66. The monoisotopic (exact) mass is 189 g/mol. The number of carbonyl (C=O) groups is 1. The lowest BCUT2D eigenvalue weighted by atomic mass is 10.3. The lowest BCUT2D eigenvalue weighted by Gasteiger charge is -2.20. The van der Waals surface area contributed by atoms with Crippen LogP contribution in [0.5, 0.6) is 0 Å². The minimum absolute atomic E-state index is 0.294. The predicted molar refractivity (Wildman–Crippen MR) is 50.5 cm³/mol. The average Bonchev–Trinajstić information content (AvgIpc) is 2.12. The maximum Gasteiger partial charge on any atom is 0.411 e. The third-order valence-corrected chi connectivity index (χ3v) is 1.59. The zero-order valence-electron chi connectivity index (χ0n) is 8.71. The van der Waals surface area contributed by atoms with Crippen molar-refractivity contribution in [3.63, 3.8) is 0 Å². The Morgan fingerprint density at radius 2 is 2.08 bits per heavy atom. The Bertz CT molecular complexity index is 139. The summed E-state index contributed by atoms with van der Waals surface area (Å²) in [4.78, 5) is 12.8. The number of hydrogen-bond acceptors (Lipinski definition) is 3. The second-order valence-electron chi connectivity index (χ2n) is 2.73. The fourth-order valence-corrected chi connectivity index (χ4v) is 0.928.